The normalized spacial score (nSPS) is 15.9. The fourth-order valence-corrected chi connectivity index (χ4v) is 3.03. The number of nitrogens with zero attached hydrogens (tertiary/aromatic N) is 1. The van der Waals surface area contributed by atoms with Crippen molar-refractivity contribution in [1.82, 2.24) is 9.97 Å². The van der Waals surface area contributed by atoms with Gasteiger partial charge >= 0.3 is 0 Å². The first kappa shape index (κ1) is 12.9. The molecule has 3 nitrogen and oxygen atoms in total. The van der Waals surface area contributed by atoms with E-state index in [1.165, 1.54) is 11.1 Å². The lowest BCUT2D eigenvalue weighted by atomic mass is 9.86. The number of pyridine rings is 2. The maximum absolute atomic E-state index is 11.5. The first-order chi connectivity index (χ1) is 9.53. The Kier molecular flexibility index (Phi) is 2.85. The summed E-state index contributed by atoms with van der Waals surface area (Å²) in [5.74, 6) is 0. The van der Waals surface area contributed by atoms with Gasteiger partial charge in [-0.2, -0.15) is 0 Å². The maximum Gasteiger partial charge on any atom is 0.248 e. The number of H-pyrrole nitrogens is 1. The fourth-order valence-electron chi connectivity index (χ4n) is 3.03. The molecule has 2 aromatic rings. The van der Waals surface area contributed by atoms with Crippen LogP contribution in [-0.4, -0.2) is 9.97 Å². The molecular weight excluding hydrogens is 248 g/mol. The third-order valence-electron chi connectivity index (χ3n) is 4.21. The highest BCUT2D eigenvalue weighted by atomic mass is 16.1. The van der Waals surface area contributed by atoms with Crippen LogP contribution in [0.15, 0.2) is 35.9 Å². The van der Waals surface area contributed by atoms with Gasteiger partial charge < -0.3 is 4.98 Å². The molecule has 1 N–H and O–H groups in total. The van der Waals surface area contributed by atoms with Crippen molar-refractivity contribution in [2.24, 2.45) is 0 Å². The van der Waals surface area contributed by atoms with Crippen molar-refractivity contribution in [3.05, 3.63) is 58.1 Å². The number of rotatable bonds is 2. The topological polar surface area (TPSA) is 45.8 Å². The summed E-state index contributed by atoms with van der Waals surface area (Å²) in [6, 6.07) is 3.46. The summed E-state index contributed by atoms with van der Waals surface area (Å²) in [5.41, 5.74) is 5.46. The van der Waals surface area contributed by atoms with Crippen LogP contribution in [0.4, 0.5) is 0 Å². The lowest BCUT2D eigenvalue weighted by Gasteiger charge is -2.19. The van der Waals surface area contributed by atoms with Crippen LogP contribution in [0.3, 0.4) is 0 Å². The molecule has 0 fully saturated rings. The molecule has 0 aliphatic heterocycles. The van der Waals surface area contributed by atoms with Gasteiger partial charge in [-0.1, -0.05) is 26.5 Å². The summed E-state index contributed by atoms with van der Waals surface area (Å²) in [6.45, 7) is 8.44. The Labute approximate surface area is 118 Å². The van der Waals surface area contributed by atoms with E-state index in [0.717, 1.165) is 29.7 Å². The first-order valence-electron chi connectivity index (χ1n) is 6.87. The van der Waals surface area contributed by atoms with E-state index in [9.17, 15) is 4.79 Å². The third kappa shape index (κ3) is 1.90. The predicted octanol–water partition coefficient (Wildman–Crippen LogP) is 3.30. The summed E-state index contributed by atoms with van der Waals surface area (Å²) < 4.78 is 0. The number of fused-ring (bicyclic) bond motifs is 1. The van der Waals surface area contributed by atoms with Crippen LogP contribution < -0.4 is 5.56 Å². The van der Waals surface area contributed by atoms with Gasteiger partial charge in [0, 0.05) is 29.6 Å². The van der Waals surface area contributed by atoms with Crippen LogP contribution in [0.5, 0.6) is 0 Å². The third-order valence-corrected chi connectivity index (χ3v) is 4.21. The molecule has 3 rings (SSSR count). The molecule has 0 unspecified atom stereocenters. The van der Waals surface area contributed by atoms with Crippen LogP contribution in [0.2, 0.25) is 0 Å². The van der Waals surface area contributed by atoms with E-state index < -0.39 is 0 Å². The largest absolute Gasteiger partial charge is 0.329 e. The van der Waals surface area contributed by atoms with E-state index in [1.54, 1.807) is 12.3 Å². The Hall–Kier alpha value is -2.16. The second-order valence-electron chi connectivity index (χ2n) is 5.94. The number of aromatic nitrogens is 2. The van der Waals surface area contributed by atoms with E-state index in [2.05, 4.69) is 30.4 Å². The minimum atomic E-state index is -0.111. The van der Waals surface area contributed by atoms with Crippen molar-refractivity contribution in [2.75, 3.05) is 0 Å². The molecular formula is C17H18N2O. The zero-order valence-electron chi connectivity index (χ0n) is 11.9. The standard InChI is InChI=1S/C17H18N2O/c1-4-12-13-5-7-17(2,3)14(13)10-19-16(12)11-6-8-18-15(20)9-11/h4,6,8-10H,1,5,7H2,2-3H3,(H,18,20). The van der Waals surface area contributed by atoms with E-state index in [1.807, 2.05) is 18.3 Å². The first-order valence-corrected chi connectivity index (χ1v) is 6.87. The van der Waals surface area contributed by atoms with E-state index in [-0.39, 0.29) is 11.0 Å². The zero-order valence-corrected chi connectivity index (χ0v) is 11.9. The van der Waals surface area contributed by atoms with Crippen LogP contribution in [0.1, 0.15) is 37.0 Å². The number of hydrogen-bond donors (Lipinski definition) is 1. The minimum Gasteiger partial charge on any atom is -0.329 e. The Balaban J connectivity index is 2.25. The van der Waals surface area contributed by atoms with Crippen LogP contribution in [-0.2, 0) is 11.8 Å². The number of aromatic amines is 1. The van der Waals surface area contributed by atoms with Crippen LogP contribution >= 0.6 is 0 Å². The average molecular weight is 266 g/mol. The molecule has 0 saturated heterocycles. The lowest BCUT2D eigenvalue weighted by molar-refractivity contribution is 0.521. The predicted molar refractivity (Wildman–Crippen MR) is 81.7 cm³/mol. The highest BCUT2D eigenvalue weighted by molar-refractivity contribution is 5.74. The molecule has 1 aliphatic carbocycles. The Bertz CT molecular complexity index is 741. The van der Waals surface area contributed by atoms with Gasteiger partial charge in [-0.3, -0.25) is 9.78 Å². The molecule has 0 radical (unpaired) electrons. The highest BCUT2D eigenvalue weighted by Gasteiger charge is 2.32. The van der Waals surface area contributed by atoms with Gasteiger partial charge in [0.05, 0.1) is 5.69 Å². The monoisotopic (exact) mass is 266 g/mol. The lowest BCUT2D eigenvalue weighted by Crippen LogP contribution is -2.12. The molecule has 3 heteroatoms. The highest BCUT2D eigenvalue weighted by Crippen LogP contribution is 2.41. The molecule has 102 valence electrons. The Morgan fingerprint density at radius 2 is 2.25 bits per heavy atom. The van der Waals surface area contributed by atoms with Gasteiger partial charge in [-0.25, -0.2) is 0 Å². The Morgan fingerprint density at radius 1 is 1.45 bits per heavy atom. The van der Waals surface area contributed by atoms with Gasteiger partial charge in [0.25, 0.3) is 0 Å². The molecule has 0 aromatic carbocycles. The minimum absolute atomic E-state index is 0.111. The molecule has 0 atom stereocenters. The molecule has 2 aromatic heterocycles. The zero-order chi connectivity index (χ0) is 14.3. The second kappa shape index (κ2) is 4.44. The molecule has 2 heterocycles. The van der Waals surface area contributed by atoms with Crippen molar-refractivity contribution in [1.29, 1.82) is 0 Å². The van der Waals surface area contributed by atoms with Gasteiger partial charge in [0.15, 0.2) is 0 Å². The van der Waals surface area contributed by atoms with Crippen molar-refractivity contribution < 1.29 is 0 Å². The van der Waals surface area contributed by atoms with Crippen LogP contribution in [0.25, 0.3) is 17.3 Å². The van der Waals surface area contributed by atoms with Crippen LogP contribution in [0, 0.1) is 0 Å². The summed E-state index contributed by atoms with van der Waals surface area (Å²) in [7, 11) is 0. The summed E-state index contributed by atoms with van der Waals surface area (Å²) in [6.07, 6.45) is 7.66. The van der Waals surface area contributed by atoms with E-state index >= 15 is 0 Å². The molecule has 0 bridgehead atoms. The molecule has 1 aliphatic rings. The molecule has 0 saturated carbocycles. The van der Waals surface area contributed by atoms with Crippen molar-refractivity contribution in [3.8, 4) is 11.3 Å². The maximum atomic E-state index is 11.5. The molecule has 0 spiro atoms. The van der Waals surface area contributed by atoms with Crippen molar-refractivity contribution in [2.45, 2.75) is 32.1 Å². The van der Waals surface area contributed by atoms with E-state index in [4.69, 9.17) is 0 Å². The van der Waals surface area contributed by atoms with Gasteiger partial charge in [-0.15, -0.1) is 0 Å². The number of nitrogens with one attached hydrogen (secondary N) is 1. The Morgan fingerprint density at radius 3 is 2.95 bits per heavy atom. The van der Waals surface area contributed by atoms with Gasteiger partial charge in [0.2, 0.25) is 5.56 Å². The van der Waals surface area contributed by atoms with Crippen molar-refractivity contribution in [3.63, 3.8) is 0 Å². The average Bonchev–Trinajstić information content (AvgIpc) is 2.74. The van der Waals surface area contributed by atoms with Gasteiger partial charge in [-0.05, 0) is 35.4 Å². The van der Waals surface area contributed by atoms with Gasteiger partial charge in [0.1, 0.15) is 0 Å². The SMILES string of the molecule is C=Cc1c(-c2cc[nH]c(=O)c2)ncc2c1CCC2(C)C. The molecule has 20 heavy (non-hydrogen) atoms. The smallest absolute Gasteiger partial charge is 0.248 e. The summed E-state index contributed by atoms with van der Waals surface area (Å²) >= 11 is 0. The fraction of sp³-hybridized carbons (Fsp3) is 0.294. The quantitative estimate of drug-likeness (QED) is 0.906. The number of hydrogen-bond acceptors (Lipinski definition) is 2. The summed E-state index contributed by atoms with van der Waals surface area (Å²) in [5, 5.41) is 0. The van der Waals surface area contributed by atoms with Crippen molar-refractivity contribution >= 4 is 6.08 Å². The van der Waals surface area contributed by atoms with E-state index in [0.29, 0.717) is 0 Å². The molecule has 0 amide bonds. The summed E-state index contributed by atoms with van der Waals surface area (Å²) in [4.78, 5) is 18.7. The second-order valence-corrected chi connectivity index (χ2v) is 5.94.